The number of carbonyl (C=O) groups is 1. The van der Waals surface area contributed by atoms with Crippen molar-refractivity contribution in [3.05, 3.63) is 170 Å². The highest BCUT2D eigenvalue weighted by Crippen LogP contribution is 2.26. The minimum atomic E-state index is -5.09. The average Bonchev–Trinajstić information content (AvgIpc) is 3.38. The largest absolute Gasteiger partial charge is 0.457 e. The lowest BCUT2D eigenvalue weighted by Crippen LogP contribution is -2.60. The third-order valence-corrected chi connectivity index (χ3v) is 11.3. The Morgan fingerprint density at radius 3 is 1.24 bits per heavy atom. The molecule has 0 bridgehead atoms. The van der Waals surface area contributed by atoms with E-state index in [4.69, 9.17) is 18.9 Å². The van der Waals surface area contributed by atoms with Crippen molar-refractivity contribution in [2.75, 3.05) is 26.4 Å². The summed E-state index contributed by atoms with van der Waals surface area (Å²) in [4.78, 5) is 12.9. The zero-order chi connectivity index (χ0) is 53.8. The molecule has 0 aromatic rings. The maximum atomic E-state index is 12.9. The first-order valence-corrected chi connectivity index (χ1v) is 28.3. The van der Waals surface area contributed by atoms with Gasteiger partial charge in [0.1, 0.15) is 30.5 Å². The van der Waals surface area contributed by atoms with Crippen LogP contribution in [0.3, 0.4) is 0 Å². The number of hydrogen-bond donors (Lipinski definition) is 4. The van der Waals surface area contributed by atoms with Crippen molar-refractivity contribution in [1.82, 2.24) is 0 Å². The minimum absolute atomic E-state index is 0.0318. The van der Waals surface area contributed by atoms with Gasteiger partial charge in [0, 0.05) is 13.0 Å². The summed E-state index contributed by atoms with van der Waals surface area (Å²) in [6.07, 6.45) is 68.2. The number of allylic oxidation sites excluding steroid dienone is 28. The molecule has 1 rings (SSSR count). The fraction of sp³-hybridized carbons (Fsp3) is 0.525. The van der Waals surface area contributed by atoms with Crippen molar-refractivity contribution >= 4 is 16.4 Å². The molecule has 1 aliphatic rings. The molecule has 0 aromatic carbocycles. The molecular formula is C61H92O12S. The van der Waals surface area contributed by atoms with Gasteiger partial charge >= 0.3 is 16.4 Å². The number of aliphatic hydroxyl groups excluding tert-OH is 3. The van der Waals surface area contributed by atoms with Gasteiger partial charge in [0.25, 0.3) is 0 Å². The van der Waals surface area contributed by atoms with E-state index in [-0.39, 0.29) is 19.6 Å². The smallest absolute Gasteiger partial charge is 0.397 e. The fourth-order valence-corrected chi connectivity index (χ4v) is 7.38. The number of ether oxygens (including phenoxy) is 4. The Labute approximate surface area is 446 Å². The van der Waals surface area contributed by atoms with E-state index >= 15 is 0 Å². The normalized spacial score (nSPS) is 20.1. The number of unbranched alkanes of at least 4 members (excludes halogenated alkanes) is 3. The summed E-state index contributed by atoms with van der Waals surface area (Å²) >= 11 is 0. The highest BCUT2D eigenvalue weighted by molar-refractivity contribution is 7.80. The molecule has 0 aromatic heterocycles. The molecule has 13 heteroatoms. The van der Waals surface area contributed by atoms with E-state index in [0.29, 0.717) is 19.4 Å². The SMILES string of the molecule is CC/C=C\C/C=C\C/C=C\C/C=C\C/C=C\C/C=C\C/C=C\CCCCOCC(COC1OC(CO)C(O)C(OS(=O)(=O)O)C1O)OC(=O)CCC/C=C\C/C=C\C/C=C\C/C=C\C/C=C\C/C=C\C/C=C\CC. The molecular weight excluding hydrogens is 957 g/mol. The van der Waals surface area contributed by atoms with Crippen LogP contribution in [0.5, 0.6) is 0 Å². The van der Waals surface area contributed by atoms with Crippen molar-refractivity contribution in [3.8, 4) is 0 Å². The van der Waals surface area contributed by atoms with Gasteiger partial charge in [-0.15, -0.1) is 0 Å². The molecule has 1 aliphatic heterocycles. The van der Waals surface area contributed by atoms with Gasteiger partial charge in [-0.3, -0.25) is 9.35 Å². The van der Waals surface area contributed by atoms with Crippen LogP contribution in [-0.4, -0.2) is 97.5 Å². The van der Waals surface area contributed by atoms with Gasteiger partial charge in [-0.05, 0) is 122 Å². The van der Waals surface area contributed by atoms with E-state index in [9.17, 15) is 33.1 Å². The third-order valence-electron chi connectivity index (χ3n) is 10.8. The molecule has 0 spiro atoms. The molecule has 74 heavy (non-hydrogen) atoms. The summed E-state index contributed by atoms with van der Waals surface area (Å²) in [5, 5.41) is 30.8. The molecule has 0 amide bonds. The second kappa shape index (κ2) is 49.3. The first-order chi connectivity index (χ1) is 36.1. The van der Waals surface area contributed by atoms with Gasteiger partial charge in [0.05, 0.1) is 19.8 Å². The van der Waals surface area contributed by atoms with Crippen LogP contribution in [0.15, 0.2) is 170 Å². The van der Waals surface area contributed by atoms with E-state index in [1.165, 1.54) is 0 Å². The number of aliphatic hydroxyl groups is 3. The molecule has 6 unspecified atom stereocenters. The van der Waals surface area contributed by atoms with Crippen LogP contribution in [0.4, 0.5) is 0 Å². The first-order valence-electron chi connectivity index (χ1n) is 26.9. The summed E-state index contributed by atoms with van der Waals surface area (Å²) in [5.41, 5.74) is 0. The van der Waals surface area contributed by atoms with Crippen LogP contribution in [0.2, 0.25) is 0 Å². The second-order valence-corrected chi connectivity index (χ2v) is 18.4. The van der Waals surface area contributed by atoms with Gasteiger partial charge in [0.2, 0.25) is 0 Å². The van der Waals surface area contributed by atoms with E-state index in [0.717, 1.165) is 109 Å². The maximum absolute atomic E-state index is 12.9. The van der Waals surface area contributed by atoms with Crippen LogP contribution in [0.1, 0.15) is 142 Å². The van der Waals surface area contributed by atoms with Gasteiger partial charge in [0.15, 0.2) is 6.29 Å². The number of hydrogen-bond acceptors (Lipinski definition) is 11. The summed E-state index contributed by atoms with van der Waals surface area (Å²) in [6, 6.07) is 0. The lowest BCUT2D eigenvalue weighted by Gasteiger charge is -2.41. The quantitative estimate of drug-likeness (QED) is 0.0197. The second-order valence-electron chi connectivity index (χ2n) is 17.3. The van der Waals surface area contributed by atoms with Gasteiger partial charge < -0.3 is 34.3 Å². The lowest BCUT2D eigenvalue weighted by molar-refractivity contribution is -0.301. The van der Waals surface area contributed by atoms with Crippen LogP contribution < -0.4 is 0 Å². The van der Waals surface area contributed by atoms with Crippen LogP contribution in [-0.2, 0) is 38.3 Å². The van der Waals surface area contributed by atoms with E-state index < -0.39 is 59.8 Å². The molecule has 0 saturated carbocycles. The predicted octanol–water partition coefficient (Wildman–Crippen LogP) is 13.2. The van der Waals surface area contributed by atoms with Crippen LogP contribution >= 0.6 is 0 Å². The molecule has 6 atom stereocenters. The molecule has 1 saturated heterocycles. The summed E-state index contributed by atoms with van der Waals surface area (Å²) < 4.78 is 59.2. The topological polar surface area (TPSA) is 178 Å². The summed E-state index contributed by atoms with van der Waals surface area (Å²) in [5.74, 6) is -0.481. The number of esters is 1. The van der Waals surface area contributed by atoms with Crippen molar-refractivity contribution in [2.45, 2.75) is 179 Å². The average molecular weight is 1050 g/mol. The Hall–Kier alpha value is -4.54. The van der Waals surface area contributed by atoms with Crippen molar-refractivity contribution in [3.63, 3.8) is 0 Å². The fourth-order valence-electron chi connectivity index (χ4n) is 6.87. The molecule has 1 heterocycles. The van der Waals surface area contributed by atoms with Crippen molar-refractivity contribution in [2.24, 2.45) is 0 Å². The standard InChI is InChI=1S/C61H92O12S/c1-3-5-7-9-11-13-15-17-19-21-23-25-27-29-31-33-35-37-39-41-43-45-47-49-51-69-53-55(54-70-61-59(65)60(73-74(66,67)68)58(64)56(52-62)72-61)71-57(63)50-48-46-44-42-40-38-36-34-32-30-28-26-24-22-20-18-16-14-12-10-8-6-4-2/h5-8,11-14,17-20,23-26,29-32,35-38,41-44,55-56,58-62,64-65H,3-4,9-10,15-16,21-22,27-28,33-34,39-40,45-54H2,1-2H3,(H,66,67,68)/b7-5-,8-6-,13-11-,14-12-,19-17-,20-18-,25-23-,26-24-,31-29-,32-30-,37-35-,38-36-,43-41-,44-42-. The van der Waals surface area contributed by atoms with Crippen LogP contribution in [0.25, 0.3) is 0 Å². The van der Waals surface area contributed by atoms with Crippen LogP contribution in [0, 0.1) is 0 Å². The molecule has 414 valence electrons. The van der Waals surface area contributed by atoms with Gasteiger partial charge in [-0.2, -0.15) is 8.42 Å². The highest BCUT2D eigenvalue weighted by atomic mass is 32.3. The predicted molar refractivity (Wildman–Crippen MR) is 302 cm³/mol. The minimum Gasteiger partial charge on any atom is -0.457 e. The zero-order valence-electron chi connectivity index (χ0n) is 44.6. The van der Waals surface area contributed by atoms with Crippen molar-refractivity contribution < 1.29 is 56.2 Å². The Bertz CT molecular complexity index is 1930. The molecule has 0 aliphatic carbocycles. The van der Waals surface area contributed by atoms with Crippen molar-refractivity contribution in [1.29, 1.82) is 0 Å². The molecule has 4 N–H and O–H groups in total. The Morgan fingerprint density at radius 1 is 0.514 bits per heavy atom. The van der Waals surface area contributed by atoms with E-state index in [1.807, 2.05) is 6.08 Å². The Morgan fingerprint density at radius 2 is 0.878 bits per heavy atom. The Balaban J connectivity index is 2.46. The number of carbonyl (C=O) groups excluding carboxylic acids is 1. The number of rotatable bonds is 44. The zero-order valence-corrected chi connectivity index (χ0v) is 45.4. The third kappa shape index (κ3) is 41.8. The van der Waals surface area contributed by atoms with Gasteiger partial charge in [-0.1, -0.05) is 184 Å². The van der Waals surface area contributed by atoms with E-state index in [1.54, 1.807) is 0 Å². The first kappa shape index (κ1) is 67.5. The lowest BCUT2D eigenvalue weighted by atomic mass is 9.99. The Kier molecular flexibility index (Phi) is 45.0. The molecule has 1 fully saturated rings. The molecule has 0 radical (unpaired) electrons. The monoisotopic (exact) mass is 1050 g/mol. The van der Waals surface area contributed by atoms with Gasteiger partial charge in [-0.25, -0.2) is 4.18 Å². The highest BCUT2D eigenvalue weighted by Gasteiger charge is 2.48. The van der Waals surface area contributed by atoms with E-state index in [2.05, 4.69) is 182 Å². The molecule has 12 nitrogen and oxygen atoms in total. The summed E-state index contributed by atoms with van der Waals surface area (Å²) in [6.45, 7) is 3.54. The maximum Gasteiger partial charge on any atom is 0.397 e. The summed E-state index contributed by atoms with van der Waals surface area (Å²) in [7, 11) is -5.09.